The average molecular weight is 431 g/mol. The van der Waals surface area contributed by atoms with E-state index < -0.39 is 30.0 Å². The van der Waals surface area contributed by atoms with E-state index in [-0.39, 0.29) is 23.1 Å². The van der Waals surface area contributed by atoms with Gasteiger partial charge in [0.15, 0.2) is 11.5 Å². The highest BCUT2D eigenvalue weighted by Gasteiger charge is 2.27. The van der Waals surface area contributed by atoms with E-state index in [0.717, 1.165) is 5.56 Å². The summed E-state index contributed by atoms with van der Waals surface area (Å²) in [6, 6.07) is 8.68. The van der Waals surface area contributed by atoms with Gasteiger partial charge in [0.1, 0.15) is 12.1 Å². The first-order chi connectivity index (χ1) is 14.7. The van der Waals surface area contributed by atoms with Gasteiger partial charge >= 0.3 is 11.9 Å². The van der Waals surface area contributed by atoms with Crippen LogP contribution in [-0.2, 0) is 28.6 Å². The Morgan fingerprint density at radius 3 is 2.23 bits per heavy atom. The van der Waals surface area contributed by atoms with Gasteiger partial charge in [0, 0.05) is 12.8 Å². The minimum Gasteiger partial charge on any atom is -0.493 e. The first kappa shape index (κ1) is 25.6. The summed E-state index contributed by atoms with van der Waals surface area (Å²) in [6.07, 6.45) is 1.09. The fourth-order valence-corrected chi connectivity index (χ4v) is 2.69. The van der Waals surface area contributed by atoms with Crippen LogP contribution in [0.3, 0.4) is 0 Å². The van der Waals surface area contributed by atoms with Gasteiger partial charge in [0.05, 0.1) is 7.11 Å². The second-order valence-electron chi connectivity index (χ2n) is 6.82. The highest BCUT2D eigenvalue weighted by molar-refractivity contribution is 5.97. The lowest BCUT2D eigenvalue weighted by Gasteiger charge is -2.23. The van der Waals surface area contributed by atoms with Gasteiger partial charge in [-0.3, -0.25) is 14.6 Å². The number of amides is 1. The van der Waals surface area contributed by atoms with E-state index >= 15 is 0 Å². The van der Waals surface area contributed by atoms with Crippen LogP contribution >= 0.6 is 0 Å². The first-order valence-electron chi connectivity index (χ1n) is 9.82. The lowest BCUT2D eigenvalue weighted by molar-refractivity contribution is -0.152. The summed E-state index contributed by atoms with van der Waals surface area (Å²) in [5.74, 6) is -2.16. The molecule has 0 radical (unpaired) electrons. The highest BCUT2D eigenvalue weighted by atomic mass is 16.6. The molecule has 8 heteroatoms. The van der Waals surface area contributed by atoms with Crippen molar-refractivity contribution in [1.82, 2.24) is 5.32 Å². The number of aliphatic imine (C=N–C) groups is 1. The van der Waals surface area contributed by atoms with Gasteiger partial charge in [0.2, 0.25) is 5.76 Å². The van der Waals surface area contributed by atoms with E-state index in [1.165, 1.54) is 27.0 Å². The van der Waals surface area contributed by atoms with Crippen LogP contribution in [0.25, 0.3) is 0 Å². The highest BCUT2D eigenvalue weighted by Crippen LogP contribution is 2.22. The lowest BCUT2D eigenvalue weighted by Crippen LogP contribution is -2.42. The third-order valence-electron chi connectivity index (χ3n) is 4.57. The second-order valence-corrected chi connectivity index (χ2v) is 6.82. The molecule has 0 saturated heterocycles. The molecule has 1 rings (SSSR count). The zero-order valence-corrected chi connectivity index (χ0v) is 18.8. The van der Waals surface area contributed by atoms with Crippen molar-refractivity contribution < 1.29 is 28.6 Å². The summed E-state index contributed by atoms with van der Waals surface area (Å²) in [6.45, 7) is 11.4. The van der Waals surface area contributed by atoms with Crippen molar-refractivity contribution in [3.8, 4) is 0 Å². The summed E-state index contributed by atoms with van der Waals surface area (Å²) in [4.78, 5) is 40.3. The standard InChI is InChI=1S/C23H30N2O6/c1-8-19(29-7)21(31-17(5)26)20(24-6)22(27)25-15(3)23(28)30-16(4)14(2)18-12-10-9-11-13-18/h8-16H,6H2,1-5,7H3,(H,25,27)/b19-8+,21-20+/t14-,15+,16+/m1/s1. The molecule has 1 aromatic carbocycles. The number of carbonyl (C=O) groups excluding carboxylic acids is 3. The van der Waals surface area contributed by atoms with Crippen molar-refractivity contribution in [2.45, 2.75) is 52.7 Å². The number of hydrogen-bond donors (Lipinski definition) is 1. The number of methoxy groups -OCH3 is 1. The van der Waals surface area contributed by atoms with Gasteiger partial charge in [-0.05, 0) is 39.1 Å². The average Bonchev–Trinajstić information content (AvgIpc) is 2.74. The molecule has 1 amide bonds. The quantitative estimate of drug-likeness (QED) is 0.201. The Kier molecular flexibility index (Phi) is 10.2. The number of nitrogens with one attached hydrogen (secondary N) is 1. The van der Waals surface area contributed by atoms with Crippen molar-refractivity contribution in [3.05, 3.63) is 59.2 Å². The summed E-state index contributed by atoms with van der Waals surface area (Å²) in [7, 11) is 1.35. The molecule has 0 aliphatic carbocycles. The Bertz CT molecular complexity index is 860. The largest absolute Gasteiger partial charge is 0.493 e. The molecule has 0 aromatic heterocycles. The van der Waals surface area contributed by atoms with Gasteiger partial charge < -0.3 is 19.5 Å². The molecular formula is C23H30N2O6. The van der Waals surface area contributed by atoms with Crippen LogP contribution in [0.2, 0.25) is 0 Å². The molecular weight excluding hydrogens is 400 g/mol. The molecule has 3 atom stereocenters. The molecule has 168 valence electrons. The number of benzene rings is 1. The molecule has 0 aliphatic rings. The molecule has 0 bridgehead atoms. The van der Waals surface area contributed by atoms with Crippen molar-refractivity contribution in [2.24, 2.45) is 4.99 Å². The maximum atomic E-state index is 12.7. The van der Waals surface area contributed by atoms with Gasteiger partial charge in [0.25, 0.3) is 5.91 Å². The van der Waals surface area contributed by atoms with Crippen LogP contribution in [0.1, 0.15) is 46.1 Å². The molecule has 8 nitrogen and oxygen atoms in total. The van der Waals surface area contributed by atoms with Crippen LogP contribution in [0.4, 0.5) is 0 Å². The molecule has 31 heavy (non-hydrogen) atoms. The maximum Gasteiger partial charge on any atom is 0.328 e. The second kappa shape index (κ2) is 12.3. The third-order valence-corrected chi connectivity index (χ3v) is 4.57. The van der Waals surface area contributed by atoms with Gasteiger partial charge in [-0.25, -0.2) is 4.79 Å². The molecule has 0 aliphatic heterocycles. The normalized spacial score (nSPS) is 15.0. The number of nitrogens with zero attached hydrogens (tertiary/aromatic N) is 1. The number of carbonyl (C=O) groups is 3. The smallest absolute Gasteiger partial charge is 0.328 e. The van der Waals surface area contributed by atoms with Crippen LogP contribution < -0.4 is 5.32 Å². The summed E-state index contributed by atoms with van der Waals surface area (Å²) in [5.41, 5.74) is 0.737. The number of rotatable bonds is 10. The van der Waals surface area contributed by atoms with Crippen molar-refractivity contribution in [2.75, 3.05) is 7.11 Å². The van der Waals surface area contributed by atoms with E-state index in [1.807, 2.05) is 37.3 Å². The Morgan fingerprint density at radius 1 is 1.13 bits per heavy atom. The maximum absolute atomic E-state index is 12.7. The predicted octanol–water partition coefficient (Wildman–Crippen LogP) is 3.25. The molecule has 0 spiro atoms. The van der Waals surface area contributed by atoms with Crippen LogP contribution in [0.5, 0.6) is 0 Å². The van der Waals surface area contributed by atoms with Gasteiger partial charge in [-0.1, -0.05) is 37.3 Å². The van der Waals surface area contributed by atoms with Crippen molar-refractivity contribution in [3.63, 3.8) is 0 Å². The molecule has 0 heterocycles. The summed E-state index contributed by atoms with van der Waals surface area (Å²) in [5, 5.41) is 2.49. The SMILES string of the molecule is C=N/C(C(=O)N[C@@H](C)C(=O)O[C@@H](C)[C@@H](C)c1ccccc1)=C(OC(C)=O)\C(=C/C)OC. The number of allylic oxidation sites excluding steroid dienone is 1. The zero-order valence-electron chi connectivity index (χ0n) is 18.8. The van der Waals surface area contributed by atoms with Gasteiger partial charge in [-0.2, -0.15) is 0 Å². The number of esters is 2. The lowest BCUT2D eigenvalue weighted by atomic mass is 9.96. The van der Waals surface area contributed by atoms with E-state index in [0.29, 0.717) is 0 Å². The van der Waals surface area contributed by atoms with E-state index in [9.17, 15) is 14.4 Å². The van der Waals surface area contributed by atoms with E-state index in [4.69, 9.17) is 14.2 Å². The zero-order chi connectivity index (χ0) is 23.6. The fraction of sp³-hybridized carbons (Fsp3) is 0.391. The minimum absolute atomic E-state index is 0.0344. The van der Waals surface area contributed by atoms with E-state index in [1.54, 1.807) is 13.8 Å². The Hall–Kier alpha value is -3.42. The van der Waals surface area contributed by atoms with E-state index in [2.05, 4.69) is 17.0 Å². The monoisotopic (exact) mass is 430 g/mol. The van der Waals surface area contributed by atoms with Gasteiger partial charge in [-0.15, -0.1) is 0 Å². The van der Waals surface area contributed by atoms with Crippen LogP contribution in [-0.4, -0.2) is 43.8 Å². The topological polar surface area (TPSA) is 103 Å². The molecule has 0 fully saturated rings. The first-order valence-corrected chi connectivity index (χ1v) is 9.82. The van der Waals surface area contributed by atoms with Crippen molar-refractivity contribution >= 4 is 24.6 Å². The molecule has 1 aromatic rings. The summed E-state index contributed by atoms with van der Waals surface area (Å²) >= 11 is 0. The number of ether oxygens (including phenoxy) is 3. The predicted molar refractivity (Wildman–Crippen MR) is 117 cm³/mol. The summed E-state index contributed by atoms with van der Waals surface area (Å²) < 4.78 is 15.7. The van der Waals surface area contributed by atoms with Crippen molar-refractivity contribution in [1.29, 1.82) is 0 Å². The number of hydrogen-bond acceptors (Lipinski definition) is 7. The Balaban J connectivity index is 2.95. The molecule has 0 saturated carbocycles. The molecule has 1 N–H and O–H groups in total. The minimum atomic E-state index is -0.982. The third kappa shape index (κ3) is 7.40. The Labute approximate surface area is 183 Å². The van der Waals surface area contributed by atoms with Crippen LogP contribution in [0, 0.1) is 0 Å². The fourth-order valence-electron chi connectivity index (χ4n) is 2.69. The Morgan fingerprint density at radius 2 is 1.74 bits per heavy atom. The molecule has 0 unspecified atom stereocenters. The van der Waals surface area contributed by atoms with Crippen LogP contribution in [0.15, 0.2) is 58.6 Å².